The predicted octanol–water partition coefficient (Wildman–Crippen LogP) is 3.76. The number of aromatic nitrogens is 2. The van der Waals surface area contributed by atoms with E-state index >= 15 is 0 Å². The van der Waals surface area contributed by atoms with Crippen molar-refractivity contribution in [1.82, 2.24) is 10.1 Å². The summed E-state index contributed by atoms with van der Waals surface area (Å²) in [7, 11) is 3.10. The Bertz CT molecular complexity index is 908. The number of carbonyl (C=O) groups is 1. The first-order valence-electron chi connectivity index (χ1n) is 7.58. The molecule has 0 bridgehead atoms. The van der Waals surface area contributed by atoms with Crippen LogP contribution in [0.5, 0.6) is 11.5 Å². The largest absolute Gasteiger partial charge is 0.493 e. The highest BCUT2D eigenvalue weighted by Crippen LogP contribution is 2.31. The number of halogens is 1. The summed E-state index contributed by atoms with van der Waals surface area (Å²) in [6, 6.07) is 11.6. The topological polar surface area (TPSA) is 83.7 Å². The van der Waals surface area contributed by atoms with Gasteiger partial charge >= 0.3 is 5.97 Å². The van der Waals surface area contributed by atoms with Gasteiger partial charge in [-0.15, -0.1) is 0 Å². The number of rotatable bonds is 6. The van der Waals surface area contributed by atoms with Crippen LogP contribution in [0.4, 0.5) is 0 Å². The molecule has 3 aromatic rings. The molecule has 26 heavy (non-hydrogen) atoms. The fraction of sp³-hybridized carbons (Fsp3) is 0.167. The molecule has 0 saturated carbocycles. The van der Waals surface area contributed by atoms with Crippen molar-refractivity contribution in [3.8, 4) is 22.9 Å². The Kier molecular flexibility index (Phi) is 5.38. The second-order valence-electron chi connectivity index (χ2n) is 5.16. The molecule has 0 spiro atoms. The average Bonchev–Trinajstić information content (AvgIpc) is 3.15. The van der Waals surface area contributed by atoms with Crippen LogP contribution in [0.2, 0.25) is 5.02 Å². The SMILES string of the molecule is COc1ccc(-c2noc(COC(=O)c3ccc(Cl)cc3)n2)cc1OC. The molecule has 0 fully saturated rings. The molecule has 0 amide bonds. The van der Waals surface area contributed by atoms with Crippen molar-refractivity contribution in [2.75, 3.05) is 14.2 Å². The molecule has 8 heteroatoms. The minimum atomic E-state index is -0.507. The zero-order valence-corrected chi connectivity index (χ0v) is 14.8. The lowest BCUT2D eigenvalue weighted by Crippen LogP contribution is -2.05. The van der Waals surface area contributed by atoms with Gasteiger partial charge in [0.15, 0.2) is 18.1 Å². The van der Waals surface area contributed by atoms with Gasteiger partial charge < -0.3 is 18.7 Å². The van der Waals surface area contributed by atoms with E-state index < -0.39 is 5.97 Å². The van der Waals surface area contributed by atoms with Gasteiger partial charge in [-0.1, -0.05) is 16.8 Å². The number of ether oxygens (including phenoxy) is 3. The predicted molar refractivity (Wildman–Crippen MR) is 93.4 cm³/mol. The summed E-state index contributed by atoms with van der Waals surface area (Å²) in [5.74, 6) is 1.16. The van der Waals surface area contributed by atoms with Gasteiger partial charge in [0, 0.05) is 10.6 Å². The molecule has 0 aliphatic carbocycles. The number of nitrogens with zero attached hydrogens (tertiary/aromatic N) is 2. The van der Waals surface area contributed by atoms with Crippen molar-refractivity contribution in [3.63, 3.8) is 0 Å². The highest BCUT2D eigenvalue weighted by molar-refractivity contribution is 6.30. The Morgan fingerprint density at radius 3 is 2.50 bits per heavy atom. The summed E-state index contributed by atoms with van der Waals surface area (Å²) < 4.78 is 20.7. The second-order valence-corrected chi connectivity index (χ2v) is 5.60. The average molecular weight is 375 g/mol. The number of hydrogen-bond donors (Lipinski definition) is 0. The van der Waals surface area contributed by atoms with E-state index in [0.717, 1.165) is 0 Å². The van der Waals surface area contributed by atoms with Crippen LogP contribution in [0.1, 0.15) is 16.2 Å². The Morgan fingerprint density at radius 2 is 1.81 bits per heavy atom. The van der Waals surface area contributed by atoms with E-state index in [1.165, 1.54) is 0 Å². The van der Waals surface area contributed by atoms with E-state index in [0.29, 0.717) is 33.5 Å². The van der Waals surface area contributed by atoms with Gasteiger partial charge in [-0.2, -0.15) is 4.98 Å². The first-order chi connectivity index (χ1) is 12.6. The third kappa shape index (κ3) is 3.94. The first-order valence-corrected chi connectivity index (χ1v) is 7.96. The zero-order chi connectivity index (χ0) is 18.5. The van der Waals surface area contributed by atoms with Gasteiger partial charge in [0.25, 0.3) is 5.89 Å². The molecular formula is C18H15ClN2O5. The van der Waals surface area contributed by atoms with E-state index in [-0.39, 0.29) is 12.5 Å². The van der Waals surface area contributed by atoms with Gasteiger partial charge in [-0.25, -0.2) is 4.79 Å². The highest BCUT2D eigenvalue weighted by Gasteiger charge is 2.14. The van der Waals surface area contributed by atoms with Crippen LogP contribution in [-0.2, 0) is 11.3 Å². The number of benzene rings is 2. The summed E-state index contributed by atoms with van der Waals surface area (Å²) in [4.78, 5) is 16.2. The van der Waals surface area contributed by atoms with Crippen molar-refractivity contribution < 1.29 is 23.5 Å². The smallest absolute Gasteiger partial charge is 0.338 e. The van der Waals surface area contributed by atoms with Gasteiger partial charge in [-0.3, -0.25) is 0 Å². The Hall–Kier alpha value is -3.06. The molecule has 1 heterocycles. The van der Waals surface area contributed by atoms with Crippen LogP contribution in [0.15, 0.2) is 47.0 Å². The maximum absolute atomic E-state index is 12.0. The van der Waals surface area contributed by atoms with E-state index in [2.05, 4.69) is 10.1 Å². The lowest BCUT2D eigenvalue weighted by Gasteiger charge is -2.07. The number of esters is 1. The second kappa shape index (κ2) is 7.88. The van der Waals surface area contributed by atoms with E-state index in [1.807, 2.05) is 0 Å². The van der Waals surface area contributed by atoms with Gasteiger partial charge in [0.2, 0.25) is 5.82 Å². The van der Waals surface area contributed by atoms with Crippen molar-refractivity contribution in [1.29, 1.82) is 0 Å². The summed E-state index contributed by atoms with van der Waals surface area (Å²) in [6.07, 6.45) is 0. The van der Waals surface area contributed by atoms with Crippen molar-refractivity contribution in [3.05, 3.63) is 58.9 Å². The molecule has 0 atom stereocenters. The molecule has 134 valence electrons. The lowest BCUT2D eigenvalue weighted by atomic mass is 10.2. The summed E-state index contributed by atoms with van der Waals surface area (Å²) in [5, 5.41) is 4.43. The fourth-order valence-corrected chi connectivity index (χ4v) is 2.33. The molecule has 0 aliphatic heterocycles. The maximum Gasteiger partial charge on any atom is 0.338 e. The summed E-state index contributed by atoms with van der Waals surface area (Å²) >= 11 is 5.79. The molecule has 3 rings (SSSR count). The Labute approximate surface area is 154 Å². The fourth-order valence-electron chi connectivity index (χ4n) is 2.20. The van der Waals surface area contributed by atoms with Crippen LogP contribution in [0.3, 0.4) is 0 Å². The minimum Gasteiger partial charge on any atom is -0.493 e. The molecule has 0 radical (unpaired) electrons. The van der Waals surface area contributed by atoms with Crippen LogP contribution in [0, 0.1) is 0 Å². The minimum absolute atomic E-state index is 0.137. The van der Waals surface area contributed by atoms with Crippen LogP contribution >= 0.6 is 11.6 Å². The zero-order valence-electron chi connectivity index (χ0n) is 14.1. The van der Waals surface area contributed by atoms with E-state index in [1.54, 1.807) is 56.7 Å². The maximum atomic E-state index is 12.0. The Balaban J connectivity index is 1.68. The standard InChI is InChI=1S/C18H15ClN2O5/c1-23-14-8-5-12(9-15(14)24-2)17-20-16(26-21-17)10-25-18(22)11-3-6-13(19)7-4-11/h3-9H,10H2,1-2H3. The molecular weight excluding hydrogens is 360 g/mol. The molecule has 0 N–H and O–H groups in total. The van der Waals surface area contributed by atoms with Crippen LogP contribution < -0.4 is 9.47 Å². The van der Waals surface area contributed by atoms with Gasteiger partial charge in [0.1, 0.15) is 0 Å². The summed E-state index contributed by atoms with van der Waals surface area (Å²) in [6.45, 7) is -0.137. The molecule has 2 aromatic carbocycles. The van der Waals surface area contributed by atoms with Crippen LogP contribution in [0.25, 0.3) is 11.4 Å². The first kappa shape index (κ1) is 17.8. The third-order valence-corrected chi connectivity index (χ3v) is 3.77. The van der Waals surface area contributed by atoms with Crippen molar-refractivity contribution in [2.24, 2.45) is 0 Å². The number of hydrogen-bond acceptors (Lipinski definition) is 7. The normalized spacial score (nSPS) is 10.4. The van der Waals surface area contributed by atoms with E-state index in [4.69, 9.17) is 30.3 Å². The summed E-state index contributed by atoms with van der Waals surface area (Å²) in [5.41, 5.74) is 1.07. The van der Waals surface area contributed by atoms with Gasteiger partial charge in [-0.05, 0) is 42.5 Å². The highest BCUT2D eigenvalue weighted by atomic mass is 35.5. The van der Waals surface area contributed by atoms with Crippen molar-refractivity contribution >= 4 is 17.6 Å². The number of carbonyl (C=O) groups excluding carboxylic acids is 1. The van der Waals surface area contributed by atoms with Gasteiger partial charge in [0.05, 0.1) is 19.8 Å². The molecule has 0 saturated heterocycles. The molecule has 7 nitrogen and oxygen atoms in total. The molecule has 0 unspecified atom stereocenters. The molecule has 1 aromatic heterocycles. The molecule has 0 aliphatic rings. The van der Waals surface area contributed by atoms with Crippen LogP contribution in [-0.4, -0.2) is 30.3 Å². The van der Waals surface area contributed by atoms with E-state index in [9.17, 15) is 4.79 Å². The monoisotopic (exact) mass is 374 g/mol. The Morgan fingerprint density at radius 1 is 1.08 bits per heavy atom. The number of methoxy groups -OCH3 is 2. The quantitative estimate of drug-likeness (QED) is 0.607. The lowest BCUT2D eigenvalue weighted by molar-refractivity contribution is 0.0430. The third-order valence-electron chi connectivity index (χ3n) is 3.52. The van der Waals surface area contributed by atoms with Crippen molar-refractivity contribution in [2.45, 2.75) is 6.61 Å².